The molecule has 2 aromatic rings. The lowest BCUT2D eigenvalue weighted by molar-refractivity contribution is 0.102. The number of nitrogens with one attached hydrogen (secondary N) is 2. The number of carbonyl (C=O) groups excluding carboxylic acids is 1. The third kappa shape index (κ3) is 2.89. The van der Waals surface area contributed by atoms with Crippen LogP contribution in [0.3, 0.4) is 0 Å². The zero-order valence-electron chi connectivity index (χ0n) is 11.9. The summed E-state index contributed by atoms with van der Waals surface area (Å²) in [4.78, 5) is 12.2. The molecule has 3 heterocycles. The molecule has 0 bridgehead atoms. The number of aromatic nitrogens is 4. The van der Waals surface area contributed by atoms with E-state index in [1.807, 2.05) is 0 Å². The maximum absolute atomic E-state index is 12.2. The zero-order valence-corrected chi connectivity index (χ0v) is 11.9. The van der Waals surface area contributed by atoms with E-state index < -0.39 is 0 Å². The van der Waals surface area contributed by atoms with Crippen LogP contribution in [0.1, 0.15) is 46.5 Å². The topological polar surface area (TPSA) is 106 Å². The van der Waals surface area contributed by atoms with Gasteiger partial charge in [0.25, 0.3) is 5.91 Å². The number of nitrogens with zero attached hydrogens (tertiary/aromatic N) is 4. The highest BCUT2D eigenvalue weighted by Crippen LogP contribution is 2.23. The van der Waals surface area contributed by atoms with Gasteiger partial charge in [0.05, 0.1) is 23.0 Å². The van der Waals surface area contributed by atoms with E-state index in [4.69, 9.17) is 4.42 Å². The Morgan fingerprint density at radius 1 is 1.33 bits per heavy atom. The van der Waals surface area contributed by atoms with Gasteiger partial charge in [0.15, 0.2) is 0 Å². The number of carbonyl (C=O) groups is 1. The van der Waals surface area contributed by atoms with Gasteiger partial charge in [0.2, 0.25) is 5.89 Å². The van der Waals surface area contributed by atoms with E-state index in [-0.39, 0.29) is 18.0 Å². The van der Waals surface area contributed by atoms with Crippen molar-refractivity contribution in [2.45, 2.75) is 32.7 Å². The molecule has 1 unspecified atom stereocenters. The summed E-state index contributed by atoms with van der Waals surface area (Å²) in [5.74, 6) is 0.170. The van der Waals surface area contributed by atoms with Crippen molar-refractivity contribution < 1.29 is 9.21 Å². The monoisotopic (exact) mass is 288 g/mol. The van der Waals surface area contributed by atoms with Crippen LogP contribution >= 0.6 is 0 Å². The molecule has 8 nitrogen and oxygen atoms in total. The Morgan fingerprint density at radius 3 is 2.95 bits per heavy atom. The molecule has 0 radical (unpaired) electrons. The molecule has 3 rings (SSSR count). The summed E-state index contributed by atoms with van der Waals surface area (Å²) in [7, 11) is 0. The fourth-order valence-corrected chi connectivity index (χ4v) is 2.27. The van der Waals surface area contributed by atoms with Gasteiger partial charge in [0, 0.05) is 0 Å². The first-order valence-corrected chi connectivity index (χ1v) is 6.82. The van der Waals surface area contributed by atoms with Crippen LogP contribution in [0.5, 0.6) is 0 Å². The van der Waals surface area contributed by atoms with Crippen LogP contribution < -0.4 is 10.6 Å². The van der Waals surface area contributed by atoms with Gasteiger partial charge in [-0.3, -0.25) is 10.1 Å². The van der Waals surface area contributed by atoms with Crippen molar-refractivity contribution in [1.82, 2.24) is 25.7 Å². The van der Waals surface area contributed by atoms with Gasteiger partial charge in [-0.15, -0.1) is 5.10 Å². The van der Waals surface area contributed by atoms with Gasteiger partial charge in [-0.05, 0) is 39.3 Å². The van der Waals surface area contributed by atoms with Crippen molar-refractivity contribution in [3.8, 4) is 0 Å². The first-order valence-electron chi connectivity index (χ1n) is 6.82. The van der Waals surface area contributed by atoms with Crippen molar-refractivity contribution in [3.05, 3.63) is 28.9 Å². The predicted octanol–water partition coefficient (Wildman–Crippen LogP) is 1.15. The maximum Gasteiger partial charge on any atom is 0.322 e. The average molecular weight is 288 g/mol. The van der Waals surface area contributed by atoms with Crippen LogP contribution in [0.2, 0.25) is 0 Å². The third-order valence-corrected chi connectivity index (χ3v) is 3.36. The summed E-state index contributed by atoms with van der Waals surface area (Å²) in [6, 6.07) is 1.85. The Kier molecular flexibility index (Phi) is 3.61. The SMILES string of the molecule is Cc1cc(C(=O)Nc2nnc(C3CCCN3)o2)c(C)nn1. The molecule has 2 aromatic heterocycles. The summed E-state index contributed by atoms with van der Waals surface area (Å²) in [6.45, 7) is 4.44. The molecule has 0 aliphatic carbocycles. The van der Waals surface area contributed by atoms with Crippen LogP contribution in [0, 0.1) is 13.8 Å². The number of hydrogen-bond donors (Lipinski definition) is 2. The van der Waals surface area contributed by atoms with E-state index in [2.05, 4.69) is 31.0 Å². The number of amides is 1. The fourth-order valence-electron chi connectivity index (χ4n) is 2.27. The van der Waals surface area contributed by atoms with Crippen molar-refractivity contribution in [1.29, 1.82) is 0 Å². The van der Waals surface area contributed by atoms with Gasteiger partial charge in [-0.2, -0.15) is 10.2 Å². The Balaban J connectivity index is 1.74. The Hall–Kier alpha value is -2.35. The van der Waals surface area contributed by atoms with Gasteiger partial charge < -0.3 is 9.73 Å². The molecule has 110 valence electrons. The summed E-state index contributed by atoms with van der Waals surface area (Å²) in [6.07, 6.45) is 2.04. The molecule has 2 N–H and O–H groups in total. The van der Waals surface area contributed by atoms with Crippen LogP contribution in [0.15, 0.2) is 10.5 Å². The molecule has 1 aliphatic rings. The summed E-state index contributed by atoms with van der Waals surface area (Å²) < 4.78 is 5.48. The number of hydrogen-bond acceptors (Lipinski definition) is 7. The van der Waals surface area contributed by atoms with E-state index in [1.54, 1.807) is 19.9 Å². The van der Waals surface area contributed by atoms with Crippen LogP contribution in [-0.4, -0.2) is 32.8 Å². The molecule has 1 atom stereocenters. The summed E-state index contributed by atoms with van der Waals surface area (Å²) >= 11 is 0. The quantitative estimate of drug-likeness (QED) is 0.872. The van der Waals surface area contributed by atoms with Crippen molar-refractivity contribution >= 4 is 11.9 Å². The lowest BCUT2D eigenvalue weighted by atomic mass is 10.2. The van der Waals surface area contributed by atoms with Gasteiger partial charge in [0.1, 0.15) is 0 Å². The second-order valence-electron chi connectivity index (χ2n) is 5.03. The number of aryl methyl sites for hydroxylation is 2. The summed E-state index contributed by atoms with van der Waals surface area (Å²) in [5, 5.41) is 21.5. The maximum atomic E-state index is 12.2. The highest BCUT2D eigenvalue weighted by molar-refractivity contribution is 6.03. The predicted molar refractivity (Wildman–Crippen MR) is 73.7 cm³/mol. The third-order valence-electron chi connectivity index (χ3n) is 3.36. The second kappa shape index (κ2) is 5.57. The van der Waals surface area contributed by atoms with Gasteiger partial charge in [-0.25, -0.2) is 0 Å². The second-order valence-corrected chi connectivity index (χ2v) is 5.03. The molecule has 0 saturated carbocycles. The average Bonchev–Trinajstić information content (AvgIpc) is 3.11. The normalized spacial score (nSPS) is 17.9. The highest BCUT2D eigenvalue weighted by atomic mass is 16.4. The molecular formula is C13H16N6O2. The number of anilines is 1. The van der Waals surface area contributed by atoms with E-state index in [0.29, 0.717) is 22.8 Å². The van der Waals surface area contributed by atoms with Crippen molar-refractivity contribution in [2.24, 2.45) is 0 Å². The Labute approximate surface area is 121 Å². The van der Waals surface area contributed by atoms with Crippen LogP contribution in [0.25, 0.3) is 0 Å². The zero-order chi connectivity index (χ0) is 14.8. The van der Waals surface area contributed by atoms with Crippen molar-refractivity contribution in [2.75, 3.05) is 11.9 Å². The molecule has 0 spiro atoms. The van der Waals surface area contributed by atoms with E-state index >= 15 is 0 Å². The summed E-state index contributed by atoms with van der Waals surface area (Å²) in [5.41, 5.74) is 1.67. The molecule has 21 heavy (non-hydrogen) atoms. The fraction of sp³-hybridized carbons (Fsp3) is 0.462. The molecular weight excluding hydrogens is 272 g/mol. The molecule has 0 aromatic carbocycles. The van der Waals surface area contributed by atoms with Gasteiger partial charge >= 0.3 is 6.01 Å². The lowest BCUT2D eigenvalue weighted by Crippen LogP contribution is -2.15. The largest absolute Gasteiger partial charge is 0.406 e. The van der Waals surface area contributed by atoms with E-state index in [0.717, 1.165) is 19.4 Å². The Bertz CT molecular complexity index is 662. The minimum Gasteiger partial charge on any atom is -0.406 e. The molecule has 8 heteroatoms. The first kappa shape index (κ1) is 13.6. The van der Waals surface area contributed by atoms with Crippen LogP contribution in [0.4, 0.5) is 6.01 Å². The highest BCUT2D eigenvalue weighted by Gasteiger charge is 2.23. The van der Waals surface area contributed by atoms with E-state index in [9.17, 15) is 4.79 Å². The minimum absolute atomic E-state index is 0.0784. The molecule has 1 aliphatic heterocycles. The lowest BCUT2D eigenvalue weighted by Gasteiger charge is -2.04. The van der Waals surface area contributed by atoms with E-state index in [1.165, 1.54) is 0 Å². The Morgan fingerprint density at radius 2 is 2.19 bits per heavy atom. The first-order chi connectivity index (χ1) is 10.1. The molecule has 1 amide bonds. The van der Waals surface area contributed by atoms with Crippen molar-refractivity contribution in [3.63, 3.8) is 0 Å². The molecule has 1 saturated heterocycles. The van der Waals surface area contributed by atoms with Gasteiger partial charge in [-0.1, -0.05) is 5.10 Å². The standard InChI is InChI=1S/C13H16N6O2/c1-7-6-9(8(2)17-16-7)11(20)15-13-19-18-12(21-13)10-4-3-5-14-10/h6,10,14H,3-5H2,1-2H3,(H,15,19,20). The molecule has 1 fully saturated rings. The van der Waals surface area contributed by atoms with Crippen LogP contribution in [-0.2, 0) is 0 Å². The smallest absolute Gasteiger partial charge is 0.322 e. The minimum atomic E-state index is -0.333. The number of rotatable bonds is 3.